The second-order valence-corrected chi connectivity index (χ2v) is 5.14. The first-order chi connectivity index (χ1) is 11.6. The lowest BCUT2D eigenvalue weighted by atomic mass is 10.2. The minimum absolute atomic E-state index is 0.144. The van der Waals surface area contributed by atoms with Crippen LogP contribution in [-0.4, -0.2) is 33.3 Å². The van der Waals surface area contributed by atoms with Crippen LogP contribution < -0.4 is 24.8 Å². The van der Waals surface area contributed by atoms with Crippen LogP contribution in [-0.2, 0) is 4.79 Å². The Bertz CT molecular complexity index is 664. The van der Waals surface area contributed by atoms with Gasteiger partial charge in [-0.25, -0.2) is 0 Å². The van der Waals surface area contributed by atoms with E-state index in [0.29, 0.717) is 22.9 Å². The molecule has 1 unspecified atom stereocenters. The van der Waals surface area contributed by atoms with Gasteiger partial charge in [0.2, 0.25) is 11.7 Å². The molecular formula is C18H22N2O4. The summed E-state index contributed by atoms with van der Waals surface area (Å²) in [6, 6.07) is 12.4. The zero-order valence-corrected chi connectivity index (χ0v) is 14.3. The average Bonchev–Trinajstić information content (AvgIpc) is 2.61. The summed E-state index contributed by atoms with van der Waals surface area (Å²) in [6.45, 7) is 1.78. The van der Waals surface area contributed by atoms with Gasteiger partial charge in [-0.3, -0.25) is 4.79 Å². The zero-order valence-electron chi connectivity index (χ0n) is 14.3. The van der Waals surface area contributed by atoms with Crippen LogP contribution in [0.5, 0.6) is 17.2 Å². The summed E-state index contributed by atoms with van der Waals surface area (Å²) in [5.41, 5.74) is 1.45. The lowest BCUT2D eigenvalue weighted by molar-refractivity contribution is -0.116. The fraction of sp³-hybridized carbons (Fsp3) is 0.278. The number of carbonyl (C=O) groups excluding carboxylic acids is 1. The van der Waals surface area contributed by atoms with E-state index in [1.54, 1.807) is 40.4 Å². The average molecular weight is 330 g/mol. The number of carbonyl (C=O) groups is 1. The van der Waals surface area contributed by atoms with Gasteiger partial charge in [0.25, 0.3) is 0 Å². The quantitative estimate of drug-likeness (QED) is 0.816. The third-order valence-corrected chi connectivity index (χ3v) is 3.48. The van der Waals surface area contributed by atoms with Crippen molar-refractivity contribution in [2.75, 3.05) is 32.0 Å². The van der Waals surface area contributed by atoms with Crippen molar-refractivity contribution < 1.29 is 19.0 Å². The molecule has 0 spiro atoms. The Labute approximate surface area is 141 Å². The summed E-state index contributed by atoms with van der Waals surface area (Å²) in [5.74, 6) is 1.41. The van der Waals surface area contributed by atoms with Crippen molar-refractivity contribution >= 4 is 17.3 Å². The zero-order chi connectivity index (χ0) is 17.5. The number of amides is 1. The highest BCUT2D eigenvalue weighted by Crippen LogP contribution is 2.40. The number of nitrogens with one attached hydrogen (secondary N) is 2. The smallest absolute Gasteiger partial charge is 0.246 e. The molecule has 0 aliphatic carbocycles. The monoisotopic (exact) mass is 330 g/mol. The van der Waals surface area contributed by atoms with Crippen LogP contribution >= 0.6 is 0 Å². The molecule has 0 fully saturated rings. The first-order valence-corrected chi connectivity index (χ1v) is 7.51. The van der Waals surface area contributed by atoms with E-state index >= 15 is 0 Å². The van der Waals surface area contributed by atoms with Crippen molar-refractivity contribution in [1.82, 2.24) is 0 Å². The van der Waals surface area contributed by atoms with E-state index in [4.69, 9.17) is 14.2 Å². The van der Waals surface area contributed by atoms with Gasteiger partial charge in [0.15, 0.2) is 11.5 Å². The number of methoxy groups -OCH3 is 3. The maximum atomic E-state index is 12.3. The van der Waals surface area contributed by atoms with E-state index < -0.39 is 6.04 Å². The van der Waals surface area contributed by atoms with E-state index in [2.05, 4.69) is 10.6 Å². The maximum Gasteiger partial charge on any atom is 0.246 e. The second kappa shape index (κ2) is 8.10. The summed E-state index contributed by atoms with van der Waals surface area (Å²) in [6.07, 6.45) is 0. The highest BCUT2D eigenvalue weighted by atomic mass is 16.5. The lowest BCUT2D eigenvalue weighted by Gasteiger charge is -2.18. The standard InChI is InChI=1S/C18H22N2O4/c1-12(18(21)20-13-8-6-5-7-9-13)19-14-10-15(22-2)17(24-4)16(11-14)23-3/h5-12,19H,1-4H3,(H,20,21). The van der Waals surface area contributed by atoms with Crippen molar-refractivity contribution in [1.29, 1.82) is 0 Å². The number of hydrogen-bond donors (Lipinski definition) is 2. The number of rotatable bonds is 7. The molecule has 6 nitrogen and oxygen atoms in total. The fourth-order valence-corrected chi connectivity index (χ4v) is 2.25. The predicted octanol–water partition coefficient (Wildman–Crippen LogP) is 3.15. The molecule has 0 saturated heterocycles. The minimum atomic E-state index is -0.451. The van der Waals surface area contributed by atoms with Gasteiger partial charge in [-0.2, -0.15) is 0 Å². The van der Waals surface area contributed by atoms with Crippen molar-refractivity contribution in [3.63, 3.8) is 0 Å². The Morgan fingerprint density at radius 2 is 1.50 bits per heavy atom. The molecule has 24 heavy (non-hydrogen) atoms. The SMILES string of the molecule is COc1cc(NC(C)C(=O)Nc2ccccc2)cc(OC)c1OC. The third kappa shape index (κ3) is 4.10. The van der Waals surface area contributed by atoms with Crippen LogP contribution in [0.25, 0.3) is 0 Å². The Balaban J connectivity index is 2.13. The van der Waals surface area contributed by atoms with Gasteiger partial charge in [0.05, 0.1) is 21.3 Å². The summed E-state index contributed by atoms with van der Waals surface area (Å²) < 4.78 is 15.9. The summed E-state index contributed by atoms with van der Waals surface area (Å²) in [5, 5.41) is 5.99. The molecule has 128 valence electrons. The summed E-state index contributed by atoms with van der Waals surface area (Å²) >= 11 is 0. The van der Waals surface area contributed by atoms with Gasteiger partial charge < -0.3 is 24.8 Å². The molecule has 0 heterocycles. The van der Waals surface area contributed by atoms with Crippen LogP contribution in [0.3, 0.4) is 0 Å². The van der Waals surface area contributed by atoms with Gasteiger partial charge in [-0.1, -0.05) is 18.2 Å². The molecule has 6 heteroatoms. The molecular weight excluding hydrogens is 308 g/mol. The Morgan fingerprint density at radius 3 is 2.00 bits per heavy atom. The molecule has 2 aromatic carbocycles. The topological polar surface area (TPSA) is 68.8 Å². The van der Waals surface area contributed by atoms with Crippen LogP contribution in [0, 0.1) is 0 Å². The number of anilines is 2. The number of hydrogen-bond acceptors (Lipinski definition) is 5. The van der Waals surface area contributed by atoms with Gasteiger partial charge >= 0.3 is 0 Å². The van der Waals surface area contributed by atoms with Gasteiger partial charge in [0, 0.05) is 23.5 Å². The molecule has 0 aromatic heterocycles. The molecule has 1 atom stereocenters. The molecule has 2 aromatic rings. The van der Waals surface area contributed by atoms with Crippen molar-refractivity contribution in [3.05, 3.63) is 42.5 Å². The van der Waals surface area contributed by atoms with Crippen LogP contribution in [0.15, 0.2) is 42.5 Å². The molecule has 0 bridgehead atoms. The molecule has 2 rings (SSSR count). The van der Waals surface area contributed by atoms with E-state index in [-0.39, 0.29) is 5.91 Å². The van der Waals surface area contributed by atoms with E-state index in [1.165, 1.54) is 0 Å². The van der Waals surface area contributed by atoms with Crippen LogP contribution in [0.1, 0.15) is 6.92 Å². The minimum Gasteiger partial charge on any atom is -0.493 e. The largest absolute Gasteiger partial charge is 0.493 e. The molecule has 2 N–H and O–H groups in total. The Morgan fingerprint density at radius 1 is 0.917 bits per heavy atom. The fourth-order valence-electron chi connectivity index (χ4n) is 2.25. The highest BCUT2D eigenvalue weighted by Gasteiger charge is 2.17. The lowest BCUT2D eigenvalue weighted by Crippen LogP contribution is -2.31. The van der Waals surface area contributed by atoms with Crippen molar-refractivity contribution in [2.45, 2.75) is 13.0 Å². The highest BCUT2D eigenvalue weighted by molar-refractivity contribution is 5.96. The molecule has 1 amide bonds. The maximum absolute atomic E-state index is 12.3. The first kappa shape index (κ1) is 17.5. The Kier molecular flexibility index (Phi) is 5.89. The van der Waals surface area contributed by atoms with Crippen molar-refractivity contribution in [2.24, 2.45) is 0 Å². The van der Waals surface area contributed by atoms with Gasteiger partial charge in [0.1, 0.15) is 6.04 Å². The van der Waals surface area contributed by atoms with Crippen molar-refractivity contribution in [3.8, 4) is 17.2 Å². The number of benzene rings is 2. The number of ether oxygens (including phenoxy) is 3. The summed E-state index contributed by atoms with van der Waals surface area (Å²) in [4.78, 5) is 12.3. The Hall–Kier alpha value is -2.89. The van der Waals surface area contributed by atoms with E-state index in [9.17, 15) is 4.79 Å². The molecule has 0 radical (unpaired) electrons. The van der Waals surface area contributed by atoms with E-state index in [0.717, 1.165) is 5.69 Å². The first-order valence-electron chi connectivity index (χ1n) is 7.51. The van der Waals surface area contributed by atoms with Gasteiger partial charge in [-0.05, 0) is 19.1 Å². The third-order valence-electron chi connectivity index (χ3n) is 3.48. The van der Waals surface area contributed by atoms with Gasteiger partial charge in [-0.15, -0.1) is 0 Å². The molecule has 0 aliphatic rings. The second-order valence-electron chi connectivity index (χ2n) is 5.14. The number of para-hydroxylation sites is 1. The molecule has 0 saturated carbocycles. The van der Waals surface area contributed by atoms with Crippen LogP contribution in [0.2, 0.25) is 0 Å². The predicted molar refractivity (Wildman–Crippen MR) is 94.3 cm³/mol. The normalized spacial score (nSPS) is 11.3. The molecule has 0 aliphatic heterocycles. The van der Waals surface area contributed by atoms with E-state index in [1.807, 2.05) is 30.3 Å². The van der Waals surface area contributed by atoms with Crippen LogP contribution in [0.4, 0.5) is 11.4 Å². The summed E-state index contributed by atoms with van der Waals surface area (Å²) in [7, 11) is 4.64.